The lowest BCUT2D eigenvalue weighted by Gasteiger charge is -2.33. The molecule has 1 aromatic heterocycles. The smallest absolute Gasteiger partial charge is 0.348 e. The molecule has 0 spiro atoms. The fourth-order valence-corrected chi connectivity index (χ4v) is 3.84. The van der Waals surface area contributed by atoms with Gasteiger partial charge < -0.3 is 4.74 Å². The Morgan fingerprint density at radius 2 is 2.12 bits per heavy atom. The summed E-state index contributed by atoms with van der Waals surface area (Å²) in [5.41, 5.74) is 1.66. The number of hydrogen-bond acceptors (Lipinski definition) is 5. The van der Waals surface area contributed by atoms with E-state index in [0.29, 0.717) is 12.4 Å². The Hall–Kier alpha value is -1.57. The van der Waals surface area contributed by atoms with Gasteiger partial charge in [0.15, 0.2) is 0 Å². The maximum Gasteiger partial charge on any atom is 0.446 e. The van der Waals surface area contributed by atoms with E-state index < -0.39 is 10.7 Å². The van der Waals surface area contributed by atoms with Gasteiger partial charge in [0.25, 0.3) is 0 Å². The molecule has 24 heavy (non-hydrogen) atoms. The van der Waals surface area contributed by atoms with E-state index in [0.717, 1.165) is 22.2 Å². The highest BCUT2D eigenvalue weighted by atomic mass is 79.9. The lowest BCUT2D eigenvalue weighted by molar-refractivity contribution is 0.0642. The Kier molecular flexibility index (Phi) is 5.12. The van der Waals surface area contributed by atoms with Crippen molar-refractivity contribution in [3.05, 3.63) is 68.2 Å². The maximum atomic E-state index is 12.0. The van der Waals surface area contributed by atoms with Gasteiger partial charge in [0.1, 0.15) is 0 Å². The number of halogens is 1. The Labute approximate surface area is 152 Å². The quantitative estimate of drug-likeness (QED) is 0.688. The molecule has 3 rings (SSSR count). The number of aromatic nitrogens is 2. The number of rotatable bonds is 5. The van der Waals surface area contributed by atoms with Crippen molar-refractivity contribution in [3.63, 3.8) is 0 Å². The van der Waals surface area contributed by atoms with Crippen molar-refractivity contribution in [1.82, 2.24) is 9.72 Å². The summed E-state index contributed by atoms with van der Waals surface area (Å²) >= 11 is 4.92. The molecule has 126 valence electrons. The van der Waals surface area contributed by atoms with Gasteiger partial charge in [-0.1, -0.05) is 64.1 Å². The standard InChI is InChI=1S/C17H17BrN2O3S/c1-3-4-5-10-22-17(13-6-8-14(18)9-7-13)15-19-23-16(21)20(15)12(2)11-24-17/h4-9,11H,3,10H2,1-2H3/b5-4-. The van der Waals surface area contributed by atoms with Gasteiger partial charge in [0, 0.05) is 15.7 Å². The van der Waals surface area contributed by atoms with Crippen LogP contribution in [0.15, 0.2) is 55.6 Å². The van der Waals surface area contributed by atoms with Crippen molar-refractivity contribution in [2.24, 2.45) is 0 Å². The van der Waals surface area contributed by atoms with Crippen LogP contribution >= 0.6 is 27.7 Å². The Balaban J connectivity index is 2.11. The first-order valence-electron chi connectivity index (χ1n) is 7.57. The first-order chi connectivity index (χ1) is 11.6. The van der Waals surface area contributed by atoms with Crippen LogP contribution in [0.3, 0.4) is 0 Å². The summed E-state index contributed by atoms with van der Waals surface area (Å²) < 4.78 is 13.6. The Bertz CT molecular complexity index is 838. The topological polar surface area (TPSA) is 57.3 Å². The normalized spacial score (nSPS) is 20.2. The SMILES string of the molecule is CC/C=C\COC1(c2ccc(Br)cc2)SC=C(C)n2c1noc2=O. The molecule has 0 aliphatic carbocycles. The van der Waals surface area contributed by atoms with Crippen molar-refractivity contribution in [2.75, 3.05) is 6.61 Å². The van der Waals surface area contributed by atoms with Crippen LogP contribution in [0.1, 0.15) is 31.7 Å². The fraction of sp³-hybridized carbons (Fsp3) is 0.294. The molecule has 1 atom stereocenters. The van der Waals surface area contributed by atoms with Gasteiger partial charge in [-0.15, -0.1) is 0 Å². The molecule has 2 aromatic rings. The third-order valence-electron chi connectivity index (χ3n) is 3.66. The predicted octanol–water partition coefficient (Wildman–Crippen LogP) is 4.35. The average Bonchev–Trinajstić information content (AvgIpc) is 2.98. The third-order valence-corrected chi connectivity index (χ3v) is 5.51. The van der Waals surface area contributed by atoms with Crippen LogP contribution in [-0.4, -0.2) is 16.3 Å². The molecule has 0 amide bonds. The fourth-order valence-electron chi connectivity index (χ4n) is 2.49. The monoisotopic (exact) mass is 408 g/mol. The van der Waals surface area contributed by atoms with Crippen molar-refractivity contribution >= 4 is 33.4 Å². The highest BCUT2D eigenvalue weighted by molar-refractivity contribution is 9.10. The molecule has 0 saturated heterocycles. The van der Waals surface area contributed by atoms with Crippen LogP contribution in [0.25, 0.3) is 5.70 Å². The highest BCUT2D eigenvalue weighted by Gasteiger charge is 2.44. The molecule has 0 bridgehead atoms. The molecule has 0 radical (unpaired) electrons. The zero-order valence-corrected chi connectivity index (χ0v) is 15.8. The average molecular weight is 409 g/mol. The molecule has 7 heteroatoms. The van der Waals surface area contributed by atoms with Crippen LogP contribution < -0.4 is 5.76 Å². The van der Waals surface area contributed by atoms with Crippen LogP contribution in [0, 0.1) is 0 Å². The molecule has 0 saturated carbocycles. The van der Waals surface area contributed by atoms with Gasteiger partial charge >= 0.3 is 5.76 Å². The van der Waals surface area contributed by atoms with Crippen molar-refractivity contribution < 1.29 is 9.26 Å². The number of benzene rings is 1. The molecule has 1 aliphatic heterocycles. The highest BCUT2D eigenvalue weighted by Crippen LogP contribution is 2.47. The molecule has 1 aromatic carbocycles. The number of nitrogens with zero attached hydrogens (tertiary/aromatic N) is 2. The minimum absolute atomic E-state index is 0.408. The van der Waals surface area contributed by atoms with E-state index in [1.54, 1.807) is 0 Å². The van der Waals surface area contributed by atoms with Gasteiger partial charge in [-0.25, -0.2) is 9.36 Å². The second-order valence-corrected chi connectivity index (χ2v) is 7.26. The largest absolute Gasteiger partial charge is 0.446 e. The van der Waals surface area contributed by atoms with Crippen molar-refractivity contribution in [3.8, 4) is 0 Å². The van der Waals surface area contributed by atoms with Crippen LogP contribution in [0.5, 0.6) is 0 Å². The molecule has 0 fully saturated rings. The minimum atomic E-state index is -0.926. The van der Waals surface area contributed by atoms with E-state index in [1.165, 1.54) is 16.3 Å². The zero-order chi connectivity index (χ0) is 17.2. The molecule has 5 nitrogen and oxygen atoms in total. The molecule has 0 N–H and O–H groups in total. The van der Waals surface area contributed by atoms with E-state index >= 15 is 0 Å². The Morgan fingerprint density at radius 1 is 1.38 bits per heavy atom. The van der Waals surface area contributed by atoms with Crippen LogP contribution in [-0.2, 0) is 9.67 Å². The van der Waals surface area contributed by atoms with Crippen LogP contribution in [0.4, 0.5) is 0 Å². The van der Waals surface area contributed by atoms with Gasteiger partial charge in [0.2, 0.25) is 10.8 Å². The lowest BCUT2D eigenvalue weighted by Crippen LogP contribution is -2.35. The Morgan fingerprint density at radius 3 is 2.83 bits per heavy atom. The lowest BCUT2D eigenvalue weighted by atomic mass is 10.1. The summed E-state index contributed by atoms with van der Waals surface area (Å²) in [4.78, 5) is 11.1. The zero-order valence-electron chi connectivity index (χ0n) is 13.4. The number of ether oxygens (including phenoxy) is 1. The summed E-state index contributed by atoms with van der Waals surface area (Å²) in [5.74, 6) is -0.0574. The number of fused-ring (bicyclic) bond motifs is 1. The third kappa shape index (κ3) is 3.03. The summed E-state index contributed by atoms with van der Waals surface area (Å²) in [5, 5.41) is 5.91. The summed E-state index contributed by atoms with van der Waals surface area (Å²) in [6, 6.07) is 7.80. The van der Waals surface area contributed by atoms with Crippen LogP contribution in [0.2, 0.25) is 0 Å². The number of hydrogen-bond donors (Lipinski definition) is 0. The summed E-state index contributed by atoms with van der Waals surface area (Å²) in [6.45, 7) is 4.32. The summed E-state index contributed by atoms with van der Waals surface area (Å²) in [7, 11) is 0. The molecular formula is C17H17BrN2O3S. The van der Waals surface area contributed by atoms with Gasteiger partial charge in [-0.3, -0.25) is 4.52 Å². The first kappa shape index (κ1) is 17.3. The number of thioether (sulfide) groups is 1. The predicted molar refractivity (Wildman–Crippen MR) is 98.6 cm³/mol. The molecule has 1 unspecified atom stereocenters. The van der Waals surface area contributed by atoms with Gasteiger partial charge in [-0.05, 0) is 30.9 Å². The van der Waals surface area contributed by atoms with Crippen molar-refractivity contribution in [1.29, 1.82) is 0 Å². The van der Waals surface area contributed by atoms with E-state index in [1.807, 2.05) is 48.7 Å². The molecule has 2 heterocycles. The number of allylic oxidation sites excluding steroid dienone is 2. The van der Waals surface area contributed by atoms with E-state index in [-0.39, 0.29) is 0 Å². The first-order valence-corrected chi connectivity index (χ1v) is 9.25. The maximum absolute atomic E-state index is 12.0. The van der Waals surface area contributed by atoms with Gasteiger partial charge in [0.05, 0.1) is 6.61 Å². The second kappa shape index (κ2) is 7.13. The van der Waals surface area contributed by atoms with Gasteiger partial charge in [-0.2, -0.15) is 0 Å². The molecular weight excluding hydrogens is 392 g/mol. The van der Waals surface area contributed by atoms with Crippen molar-refractivity contribution in [2.45, 2.75) is 25.2 Å². The second-order valence-electron chi connectivity index (χ2n) is 5.30. The van der Waals surface area contributed by atoms with E-state index in [4.69, 9.17) is 9.26 Å². The molecule has 1 aliphatic rings. The van der Waals surface area contributed by atoms with E-state index in [9.17, 15) is 4.79 Å². The summed E-state index contributed by atoms with van der Waals surface area (Å²) in [6.07, 6.45) is 4.95. The minimum Gasteiger partial charge on any atom is -0.348 e. The van der Waals surface area contributed by atoms with E-state index in [2.05, 4.69) is 28.0 Å².